The molecule has 1 amide bonds. The van der Waals surface area contributed by atoms with Crippen molar-refractivity contribution in [3.05, 3.63) is 29.8 Å². The van der Waals surface area contributed by atoms with Crippen molar-refractivity contribution in [3.63, 3.8) is 0 Å². The number of carbonyl (C=O) groups is 2. The lowest BCUT2D eigenvalue weighted by atomic mass is 10.1. The summed E-state index contributed by atoms with van der Waals surface area (Å²) in [5, 5.41) is 12.1. The smallest absolute Gasteiger partial charge is 0.337 e. The van der Waals surface area contributed by atoms with Crippen LogP contribution in [0.3, 0.4) is 0 Å². The number of carbonyl (C=O) groups excluding carboxylic acids is 2. The quantitative estimate of drug-likeness (QED) is 0.288. The fourth-order valence-electron chi connectivity index (χ4n) is 1.87. The van der Waals surface area contributed by atoms with Gasteiger partial charge >= 0.3 is 5.90 Å². The molecule has 0 spiro atoms. The summed E-state index contributed by atoms with van der Waals surface area (Å²) in [6, 6.07) is 7.77. The predicted octanol–water partition coefficient (Wildman–Crippen LogP) is 0.929. The van der Waals surface area contributed by atoms with E-state index in [0.29, 0.717) is 12.8 Å². The van der Waals surface area contributed by atoms with Crippen molar-refractivity contribution in [3.8, 4) is 0 Å². The molecular formula is C16H23N2O3+. The van der Waals surface area contributed by atoms with Crippen molar-refractivity contribution >= 4 is 23.3 Å². The van der Waals surface area contributed by atoms with Gasteiger partial charge in [-0.1, -0.05) is 24.1 Å². The van der Waals surface area contributed by atoms with Crippen LogP contribution in [-0.4, -0.2) is 29.7 Å². The Hall–Kier alpha value is -2.17. The average Bonchev–Trinajstić information content (AvgIpc) is 2.48. The Morgan fingerprint density at radius 1 is 1.10 bits per heavy atom. The van der Waals surface area contributed by atoms with E-state index in [2.05, 4.69) is 10.3 Å². The van der Waals surface area contributed by atoms with E-state index < -0.39 is 5.91 Å². The fraction of sp³-hybridized carbons (Fsp3) is 0.438. The van der Waals surface area contributed by atoms with Gasteiger partial charge in [0.05, 0.1) is 6.42 Å². The molecular weight excluding hydrogens is 268 g/mol. The van der Waals surface area contributed by atoms with Crippen LogP contribution >= 0.6 is 0 Å². The van der Waals surface area contributed by atoms with Crippen LogP contribution in [0.2, 0.25) is 0 Å². The highest BCUT2D eigenvalue weighted by molar-refractivity contribution is 6.36. The van der Waals surface area contributed by atoms with Crippen molar-refractivity contribution in [1.29, 1.82) is 0 Å². The molecule has 0 aliphatic rings. The standard InChI is InChI=1S/C16H22N2O3/c1-12-8-10-13(11-9-12)18-15(20)7-5-3-4-6-14(19)16(21)17-2/h8-11H,3-7H2,1-2H3,(H,17,21)(H,18,20)/p+1. The third kappa shape index (κ3) is 6.70. The molecule has 0 saturated heterocycles. The largest absolute Gasteiger partial charge is 0.463 e. The Balaban J connectivity index is 2.24. The van der Waals surface area contributed by atoms with Gasteiger partial charge in [-0.25, -0.2) is 0 Å². The Kier molecular flexibility index (Phi) is 7.15. The monoisotopic (exact) mass is 291 g/mol. The van der Waals surface area contributed by atoms with Gasteiger partial charge in [0.1, 0.15) is 0 Å². The van der Waals surface area contributed by atoms with Crippen LogP contribution < -0.4 is 10.3 Å². The number of aliphatic hydroxyl groups excluding tert-OH is 1. The van der Waals surface area contributed by atoms with Gasteiger partial charge in [0.15, 0.2) is 0 Å². The van der Waals surface area contributed by atoms with E-state index in [1.54, 1.807) is 0 Å². The van der Waals surface area contributed by atoms with Crippen molar-refractivity contribution in [1.82, 2.24) is 5.32 Å². The lowest BCUT2D eigenvalue weighted by Crippen LogP contribution is -2.66. The number of unbranched alkanes of at least 4 members (excludes halogenated alkanes) is 2. The second-order valence-corrected chi connectivity index (χ2v) is 5.00. The molecule has 5 heteroatoms. The summed E-state index contributed by atoms with van der Waals surface area (Å²) in [6.07, 6.45) is 3.01. The summed E-state index contributed by atoms with van der Waals surface area (Å²) in [5.41, 5.74) is 2.02. The van der Waals surface area contributed by atoms with Crippen LogP contribution in [0.1, 0.15) is 37.7 Å². The van der Waals surface area contributed by atoms with Gasteiger partial charge < -0.3 is 10.4 Å². The zero-order valence-electron chi connectivity index (χ0n) is 12.6. The van der Waals surface area contributed by atoms with Gasteiger partial charge in [-0.15, -0.1) is 0 Å². The number of aliphatic hydroxyl groups is 1. The van der Waals surface area contributed by atoms with Crippen LogP contribution in [0.5, 0.6) is 0 Å². The second-order valence-electron chi connectivity index (χ2n) is 5.00. The van der Waals surface area contributed by atoms with Crippen molar-refractivity contribution in [2.75, 3.05) is 7.05 Å². The van der Waals surface area contributed by atoms with E-state index in [9.17, 15) is 14.7 Å². The lowest BCUT2D eigenvalue weighted by Gasteiger charge is -1.99. The van der Waals surface area contributed by atoms with Gasteiger partial charge in [-0.05, 0) is 19.8 Å². The molecule has 0 aromatic heterocycles. The third-order valence-corrected chi connectivity index (χ3v) is 3.14. The number of benzene rings is 1. The molecule has 0 aliphatic heterocycles. The van der Waals surface area contributed by atoms with Gasteiger partial charge in [-0.2, -0.15) is 4.99 Å². The number of amides is 1. The molecule has 0 atom stereocenters. The Labute approximate surface area is 125 Å². The van der Waals surface area contributed by atoms with E-state index >= 15 is 0 Å². The summed E-state index contributed by atoms with van der Waals surface area (Å²) in [7, 11) is 1.45. The Morgan fingerprint density at radius 3 is 2.33 bits per heavy atom. The van der Waals surface area contributed by atoms with E-state index in [0.717, 1.165) is 18.5 Å². The van der Waals surface area contributed by atoms with Crippen LogP contribution in [0.15, 0.2) is 24.3 Å². The van der Waals surface area contributed by atoms with Crippen molar-refractivity contribution in [2.24, 2.45) is 0 Å². The minimum absolute atomic E-state index is 0.219. The minimum Gasteiger partial charge on any atom is -0.463 e. The van der Waals surface area contributed by atoms with Crippen LogP contribution in [-0.2, 0) is 9.59 Å². The van der Waals surface area contributed by atoms with Crippen molar-refractivity contribution < 1.29 is 19.7 Å². The summed E-state index contributed by atoms with van der Waals surface area (Å²) in [4.78, 5) is 25.2. The summed E-state index contributed by atoms with van der Waals surface area (Å²) < 4.78 is 0. The third-order valence-electron chi connectivity index (χ3n) is 3.14. The van der Waals surface area contributed by atoms with Crippen LogP contribution in [0, 0.1) is 6.92 Å². The normalized spacial score (nSPS) is 11.2. The first-order valence-electron chi connectivity index (χ1n) is 7.16. The van der Waals surface area contributed by atoms with Gasteiger partial charge in [0.2, 0.25) is 11.5 Å². The van der Waals surface area contributed by atoms with E-state index in [4.69, 9.17) is 0 Å². The molecule has 3 N–H and O–H groups in total. The topological polar surface area (TPSA) is 80.4 Å². The number of likely N-dealkylation sites (N-methyl/N-ethyl adjacent to an activating group) is 1. The first-order chi connectivity index (χ1) is 10.0. The minimum atomic E-state index is -0.537. The zero-order chi connectivity index (χ0) is 15.7. The highest BCUT2D eigenvalue weighted by atomic mass is 16.3. The van der Waals surface area contributed by atoms with Gasteiger partial charge in [-0.3, -0.25) is 9.59 Å². The number of nitrogens with one attached hydrogen (secondary N) is 2. The van der Waals surface area contributed by atoms with E-state index in [1.165, 1.54) is 12.6 Å². The molecule has 1 rings (SSSR count). The lowest BCUT2D eigenvalue weighted by molar-refractivity contribution is -0.367. The second kappa shape index (κ2) is 8.89. The summed E-state index contributed by atoms with van der Waals surface area (Å²) in [5.74, 6) is -0.703. The van der Waals surface area contributed by atoms with Gasteiger partial charge in [0, 0.05) is 25.6 Å². The molecule has 1 aromatic rings. The summed E-state index contributed by atoms with van der Waals surface area (Å²) in [6.45, 7) is 2.01. The molecule has 0 aliphatic carbocycles. The number of aryl methyl sites for hydroxylation is 1. The Morgan fingerprint density at radius 2 is 1.71 bits per heavy atom. The molecule has 0 fully saturated rings. The first kappa shape index (κ1) is 16.9. The fourth-order valence-corrected chi connectivity index (χ4v) is 1.87. The maximum absolute atomic E-state index is 11.3. The van der Waals surface area contributed by atoms with E-state index in [-0.39, 0.29) is 18.1 Å². The maximum Gasteiger partial charge on any atom is 0.337 e. The number of hydrogen-bond donors (Lipinski definition) is 3. The SMILES string of the molecule is CNC(=O)C(=O)CCCCCC(O)=[NH+]c1ccc(C)cc1. The molecule has 5 nitrogen and oxygen atoms in total. The summed E-state index contributed by atoms with van der Waals surface area (Å²) >= 11 is 0. The number of hydrogen-bond acceptors (Lipinski definition) is 2. The number of Topliss-reactive ketones (excluding diaryl/α,β-unsaturated/α-hetero) is 1. The number of rotatable bonds is 8. The first-order valence-corrected chi connectivity index (χ1v) is 7.16. The molecule has 0 saturated carbocycles. The predicted molar refractivity (Wildman–Crippen MR) is 81.6 cm³/mol. The number of ketones is 1. The molecule has 0 heterocycles. The van der Waals surface area contributed by atoms with Gasteiger partial charge in [0.25, 0.3) is 5.91 Å². The van der Waals surface area contributed by atoms with Crippen molar-refractivity contribution in [2.45, 2.75) is 39.0 Å². The van der Waals surface area contributed by atoms with Crippen LogP contribution in [0.25, 0.3) is 0 Å². The zero-order valence-corrected chi connectivity index (χ0v) is 12.6. The highest BCUT2D eigenvalue weighted by Gasteiger charge is 2.10. The molecule has 114 valence electrons. The molecule has 1 aromatic carbocycles. The van der Waals surface area contributed by atoms with Crippen LogP contribution in [0.4, 0.5) is 5.69 Å². The highest BCUT2D eigenvalue weighted by Crippen LogP contribution is 2.04. The molecule has 0 unspecified atom stereocenters. The Bertz CT molecular complexity index is 507. The molecule has 0 bridgehead atoms. The average molecular weight is 291 g/mol. The molecule has 21 heavy (non-hydrogen) atoms. The molecule has 0 radical (unpaired) electrons. The maximum atomic E-state index is 11.3. The van der Waals surface area contributed by atoms with E-state index in [1.807, 2.05) is 31.2 Å².